The van der Waals surface area contributed by atoms with Crippen LogP contribution in [0.5, 0.6) is 0 Å². The number of hydrogen-bond donors (Lipinski definition) is 1. The lowest BCUT2D eigenvalue weighted by molar-refractivity contribution is -0.384. The molecule has 1 N–H and O–H groups in total. The summed E-state index contributed by atoms with van der Waals surface area (Å²) >= 11 is 5.87. The lowest BCUT2D eigenvalue weighted by Gasteiger charge is -2.10. The van der Waals surface area contributed by atoms with Crippen LogP contribution in [0.3, 0.4) is 0 Å². The fourth-order valence-electron chi connectivity index (χ4n) is 2.32. The highest BCUT2D eigenvalue weighted by Crippen LogP contribution is 2.22. The van der Waals surface area contributed by atoms with Gasteiger partial charge in [-0.25, -0.2) is 4.98 Å². The molecule has 1 aromatic carbocycles. The van der Waals surface area contributed by atoms with Crippen LogP contribution in [0.15, 0.2) is 47.4 Å². The number of fused-ring (bicyclic) bond motifs is 1. The first-order valence-corrected chi connectivity index (χ1v) is 7.48. The van der Waals surface area contributed by atoms with Gasteiger partial charge in [0.25, 0.3) is 11.2 Å². The smallest absolute Gasteiger partial charge is 0.271 e. The first kappa shape index (κ1) is 15.9. The molecule has 24 heavy (non-hydrogen) atoms. The maximum absolute atomic E-state index is 12.1. The zero-order valence-electron chi connectivity index (χ0n) is 12.7. The maximum atomic E-state index is 12.1. The highest BCUT2D eigenvalue weighted by molar-refractivity contribution is 6.30. The minimum atomic E-state index is -0.449. The number of nitrogens with zero attached hydrogens (tertiary/aromatic N) is 3. The van der Waals surface area contributed by atoms with E-state index in [1.54, 1.807) is 18.2 Å². The average molecular weight is 345 g/mol. The number of hydrogen-bond acceptors (Lipinski definition) is 5. The summed E-state index contributed by atoms with van der Waals surface area (Å²) in [6.07, 6.45) is 1.51. The van der Waals surface area contributed by atoms with Gasteiger partial charge in [0.2, 0.25) is 0 Å². The molecule has 7 nitrogen and oxygen atoms in total. The van der Waals surface area contributed by atoms with Gasteiger partial charge < -0.3 is 5.32 Å². The normalized spacial score (nSPS) is 10.8. The van der Waals surface area contributed by atoms with Gasteiger partial charge in [-0.2, -0.15) is 0 Å². The quantitative estimate of drug-likeness (QED) is 0.580. The Kier molecular flexibility index (Phi) is 4.18. The second kappa shape index (κ2) is 6.29. The molecule has 2 heterocycles. The summed E-state index contributed by atoms with van der Waals surface area (Å²) in [5.41, 5.74) is 2.28. The molecule has 0 amide bonds. The van der Waals surface area contributed by atoms with E-state index in [1.165, 1.54) is 28.8 Å². The number of anilines is 1. The number of halogens is 1. The number of aryl methyl sites for hydroxylation is 1. The van der Waals surface area contributed by atoms with Gasteiger partial charge in [-0.1, -0.05) is 17.7 Å². The van der Waals surface area contributed by atoms with Crippen LogP contribution in [0.2, 0.25) is 5.02 Å². The Morgan fingerprint density at radius 3 is 2.83 bits per heavy atom. The lowest BCUT2D eigenvalue weighted by Crippen LogP contribution is -2.16. The van der Waals surface area contributed by atoms with Crippen molar-refractivity contribution in [3.63, 3.8) is 0 Å². The van der Waals surface area contributed by atoms with Gasteiger partial charge in [0.15, 0.2) is 0 Å². The number of nitrogens with one attached hydrogen (secondary N) is 1. The van der Waals surface area contributed by atoms with Crippen LogP contribution in [0.25, 0.3) is 5.65 Å². The van der Waals surface area contributed by atoms with Crippen molar-refractivity contribution in [2.75, 3.05) is 5.32 Å². The summed E-state index contributed by atoms with van der Waals surface area (Å²) in [5.74, 6) is 0. The van der Waals surface area contributed by atoms with E-state index in [4.69, 9.17) is 11.6 Å². The van der Waals surface area contributed by atoms with Gasteiger partial charge in [-0.3, -0.25) is 19.3 Å². The summed E-state index contributed by atoms with van der Waals surface area (Å²) in [4.78, 5) is 26.9. The minimum Gasteiger partial charge on any atom is -0.379 e. The average Bonchev–Trinajstić information content (AvgIpc) is 2.54. The van der Waals surface area contributed by atoms with Gasteiger partial charge in [-0.05, 0) is 24.6 Å². The Morgan fingerprint density at radius 1 is 1.29 bits per heavy atom. The SMILES string of the molecule is Cc1ccc([N+](=O)[O-])cc1NCc1cc(=O)n2cc(Cl)ccc2n1. The Labute approximate surface area is 141 Å². The van der Waals surface area contributed by atoms with E-state index in [1.807, 2.05) is 6.92 Å². The number of nitro groups is 1. The van der Waals surface area contributed by atoms with Crippen molar-refractivity contribution < 1.29 is 4.92 Å². The third-order valence-corrected chi connectivity index (χ3v) is 3.79. The summed E-state index contributed by atoms with van der Waals surface area (Å²) in [5, 5.41) is 14.4. The first-order valence-electron chi connectivity index (χ1n) is 7.11. The van der Waals surface area contributed by atoms with Gasteiger partial charge in [-0.15, -0.1) is 0 Å². The topological polar surface area (TPSA) is 89.5 Å². The Bertz CT molecular complexity index is 1000. The molecule has 0 unspecified atom stereocenters. The highest BCUT2D eigenvalue weighted by atomic mass is 35.5. The molecule has 0 aliphatic carbocycles. The van der Waals surface area contributed by atoms with Crippen LogP contribution >= 0.6 is 11.6 Å². The van der Waals surface area contributed by atoms with Crippen LogP contribution < -0.4 is 10.9 Å². The number of benzene rings is 1. The van der Waals surface area contributed by atoms with Crippen molar-refractivity contribution >= 4 is 28.6 Å². The predicted octanol–water partition coefficient (Wildman–Crippen LogP) is 3.18. The molecule has 0 saturated carbocycles. The predicted molar refractivity (Wildman–Crippen MR) is 91.6 cm³/mol. The molecule has 0 bridgehead atoms. The number of rotatable bonds is 4. The third-order valence-electron chi connectivity index (χ3n) is 3.57. The first-order chi connectivity index (χ1) is 11.4. The molecule has 8 heteroatoms. The second-order valence-electron chi connectivity index (χ2n) is 5.27. The molecule has 0 fully saturated rings. The van der Waals surface area contributed by atoms with Crippen LogP contribution in [0, 0.1) is 17.0 Å². The zero-order valence-corrected chi connectivity index (χ0v) is 13.4. The molecule has 0 saturated heterocycles. The molecular weight excluding hydrogens is 332 g/mol. The number of non-ortho nitro benzene ring substituents is 1. The lowest BCUT2D eigenvalue weighted by atomic mass is 10.2. The summed E-state index contributed by atoms with van der Waals surface area (Å²) < 4.78 is 1.37. The maximum Gasteiger partial charge on any atom is 0.271 e. The fourth-order valence-corrected chi connectivity index (χ4v) is 2.48. The number of pyridine rings is 1. The van der Waals surface area contributed by atoms with E-state index in [-0.39, 0.29) is 17.8 Å². The molecule has 3 rings (SSSR count). The van der Waals surface area contributed by atoms with Gasteiger partial charge >= 0.3 is 0 Å². The second-order valence-corrected chi connectivity index (χ2v) is 5.71. The van der Waals surface area contributed by atoms with Gasteiger partial charge in [0, 0.05) is 30.1 Å². The van der Waals surface area contributed by atoms with E-state index in [9.17, 15) is 14.9 Å². The number of aromatic nitrogens is 2. The summed E-state index contributed by atoms with van der Waals surface area (Å²) in [6.45, 7) is 2.12. The van der Waals surface area contributed by atoms with Crippen molar-refractivity contribution in [3.8, 4) is 0 Å². The van der Waals surface area contributed by atoms with Gasteiger partial charge in [0.1, 0.15) is 5.65 Å². The third kappa shape index (κ3) is 3.21. The van der Waals surface area contributed by atoms with Crippen molar-refractivity contribution in [1.82, 2.24) is 9.38 Å². The van der Waals surface area contributed by atoms with Crippen molar-refractivity contribution in [2.24, 2.45) is 0 Å². The van der Waals surface area contributed by atoms with Crippen molar-refractivity contribution in [2.45, 2.75) is 13.5 Å². The monoisotopic (exact) mass is 344 g/mol. The number of nitro benzene ring substituents is 1. The van der Waals surface area contributed by atoms with E-state index in [0.29, 0.717) is 22.1 Å². The molecule has 3 aromatic rings. The molecule has 0 atom stereocenters. The Morgan fingerprint density at radius 2 is 2.08 bits per heavy atom. The van der Waals surface area contributed by atoms with Crippen molar-refractivity contribution in [1.29, 1.82) is 0 Å². The molecule has 0 spiro atoms. The molecular formula is C16H13ClN4O3. The highest BCUT2D eigenvalue weighted by Gasteiger charge is 2.09. The van der Waals surface area contributed by atoms with Crippen LogP contribution in [0.4, 0.5) is 11.4 Å². The van der Waals surface area contributed by atoms with Crippen LogP contribution in [-0.4, -0.2) is 14.3 Å². The molecule has 0 radical (unpaired) electrons. The summed E-state index contributed by atoms with van der Waals surface area (Å²) in [7, 11) is 0. The fraction of sp³-hybridized carbons (Fsp3) is 0.125. The molecule has 0 aliphatic rings. The van der Waals surface area contributed by atoms with Crippen LogP contribution in [-0.2, 0) is 6.54 Å². The molecule has 122 valence electrons. The standard InChI is InChI=1S/C16H13ClN4O3/c1-10-2-4-13(21(23)24)7-14(10)18-8-12-6-16(22)20-9-11(17)3-5-15(20)19-12/h2-7,9,18H,8H2,1H3. The Balaban J connectivity index is 1.89. The largest absolute Gasteiger partial charge is 0.379 e. The Hall–Kier alpha value is -2.93. The van der Waals surface area contributed by atoms with E-state index in [2.05, 4.69) is 10.3 Å². The van der Waals surface area contributed by atoms with Gasteiger partial charge in [0.05, 0.1) is 22.2 Å². The zero-order chi connectivity index (χ0) is 17.3. The van der Waals surface area contributed by atoms with Crippen molar-refractivity contribution in [3.05, 3.63) is 79.3 Å². The molecule has 2 aromatic heterocycles. The molecule has 0 aliphatic heterocycles. The van der Waals surface area contributed by atoms with E-state index < -0.39 is 4.92 Å². The minimum absolute atomic E-state index is 0.00396. The summed E-state index contributed by atoms with van der Waals surface area (Å²) in [6, 6.07) is 9.30. The van der Waals surface area contributed by atoms with E-state index in [0.717, 1.165) is 5.56 Å². The van der Waals surface area contributed by atoms with E-state index >= 15 is 0 Å². The van der Waals surface area contributed by atoms with Crippen LogP contribution in [0.1, 0.15) is 11.3 Å².